The number of amides is 1. The number of thiazole rings is 1. The van der Waals surface area contributed by atoms with Crippen molar-refractivity contribution in [2.75, 3.05) is 5.32 Å². The summed E-state index contributed by atoms with van der Waals surface area (Å²) < 4.78 is 1.14. The van der Waals surface area contributed by atoms with E-state index in [1.165, 1.54) is 32.1 Å². The Morgan fingerprint density at radius 2 is 2.15 bits per heavy atom. The highest BCUT2D eigenvalue weighted by Crippen LogP contribution is 2.29. The SMILES string of the molecule is Cc1cccc2sc(NC(=O)CC3CCCCC3)nc12. The molecule has 0 aliphatic heterocycles. The number of fused-ring (bicyclic) bond motifs is 1. The smallest absolute Gasteiger partial charge is 0.226 e. The first-order valence-corrected chi connectivity index (χ1v) is 8.20. The molecule has 1 N–H and O–H groups in total. The lowest BCUT2D eigenvalue weighted by Crippen LogP contribution is -2.18. The molecule has 1 heterocycles. The lowest BCUT2D eigenvalue weighted by atomic mass is 9.87. The first kappa shape index (κ1) is 13.6. The fourth-order valence-electron chi connectivity index (χ4n) is 2.96. The number of nitrogens with one attached hydrogen (secondary N) is 1. The van der Waals surface area contributed by atoms with Gasteiger partial charge in [0.05, 0.1) is 10.2 Å². The molecule has 1 fully saturated rings. The van der Waals surface area contributed by atoms with Crippen LogP contribution < -0.4 is 5.32 Å². The second-order valence-corrected chi connectivity index (χ2v) is 6.73. The van der Waals surface area contributed by atoms with Crippen molar-refractivity contribution in [2.24, 2.45) is 5.92 Å². The summed E-state index contributed by atoms with van der Waals surface area (Å²) in [6.07, 6.45) is 6.93. The quantitative estimate of drug-likeness (QED) is 0.902. The molecule has 106 valence electrons. The highest BCUT2D eigenvalue weighted by atomic mass is 32.1. The number of hydrogen-bond acceptors (Lipinski definition) is 3. The van der Waals surface area contributed by atoms with Gasteiger partial charge in [-0.15, -0.1) is 0 Å². The third kappa shape index (κ3) is 3.01. The van der Waals surface area contributed by atoms with Crippen molar-refractivity contribution in [1.82, 2.24) is 4.98 Å². The van der Waals surface area contributed by atoms with Crippen LogP contribution in [0.1, 0.15) is 44.1 Å². The van der Waals surface area contributed by atoms with Gasteiger partial charge < -0.3 is 5.32 Å². The molecule has 0 atom stereocenters. The first-order valence-electron chi connectivity index (χ1n) is 7.38. The Morgan fingerprint density at radius 1 is 1.35 bits per heavy atom. The summed E-state index contributed by atoms with van der Waals surface area (Å²) in [5, 5.41) is 3.71. The zero-order valence-corrected chi connectivity index (χ0v) is 12.6. The van der Waals surface area contributed by atoms with E-state index in [0.29, 0.717) is 12.3 Å². The minimum absolute atomic E-state index is 0.119. The van der Waals surface area contributed by atoms with Crippen LogP contribution in [0.3, 0.4) is 0 Å². The van der Waals surface area contributed by atoms with Gasteiger partial charge in [-0.1, -0.05) is 42.7 Å². The van der Waals surface area contributed by atoms with Crippen LogP contribution in [0, 0.1) is 12.8 Å². The number of hydrogen-bond donors (Lipinski definition) is 1. The predicted molar refractivity (Wildman–Crippen MR) is 84.2 cm³/mol. The van der Waals surface area contributed by atoms with Crippen molar-refractivity contribution in [1.29, 1.82) is 0 Å². The van der Waals surface area contributed by atoms with Gasteiger partial charge in [0.1, 0.15) is 0 Å². The van der Waals surface area contributed by atoms with Crippen molar-refractivity contribution in [2.45, 2.75) is 45.4 Å². The van der Waals surface area contributed by atoms with Gasteiger partial charge in [-0.25, -0.2) is 4.98 Å². The number of anilines is 1. The third-order valence-corrected chi connectivity index (χ3v) is 5.00. The molecule has 0 saturated heterocycles. The molecule has 1 amide bonds. The molecular formula is C16H20N2OS. The van der Waals surface area contributed by atoms with E-state index in [9.17, 15) is 4.79 Å². The standard InChI is InChI=1S/C16H20N2OS/c1-11-6-5-9-13-15(11)18-16(20-13)17-14(19)10-12-7-3-2-4-8-12/h5-6,9,12H,2-4,7-8,10H2,1H3,(H,17,18,19). The van der Waals surface area contributed by atoms with Crippen LogP contribution >= 0.6 is 11.3 Å². The molecular weight excluding hydrogens is 268 g/mol. The molecule has 20 heavy (non-hydrogen) atoms. The van der Waals surface area contributed by atoms with Crippen LogP contribution in [0.2, 0.25) is 0 Å². The van der Waals surface area contributed by atoms with Crippen molar-refractivity contribution in [3.63, 3.8) is 0 Å². The Balaban J connectivity index is 1.66. The molecule has 2 aromatic rings. The third-order valence-electron chi connectivity index (χ3n) is 4.07. The highest BCUT2D eigenvalue weighted by Gasteiger charge is 2.18. The van der Waals surface area contributed by atoms with Crippen LogP contribution in [0.5, 0.6) is 0 Å². The van der Waals surface area contributed by atoms with Gasteiger partial charge in [-0.05, 0) is 37.3 Å². The van der Waals surface area contributed by atoms with Gasteiger partial charge in [-0.2, -0.15) is 0 Å². The van der Waals surface area contributed by atoms with E-state index in [2.05, 4.69) is 29.4 Å². The number of nitrogens with zero attached hydrogens (tertiary/aromatic N) is 1. The Labute approximate surface area is 123 Å². The van der Waals surface area contributed by atoms with Crippen molar-refractivity contribution in [3.8, 4) is 0 Å². The molecule has 0 radical (unpaired) electrons. The molecule has 0 bridgehead atoms. The van der Waals surface area contributed by atoms with E-state index in [0.717, 1.165) is 20.9 Å². The Bertz CT molecular complexity index is 614. The molecule has 1 saturated carbocycles. The lowest BCUT2D eigenvalue weighted by Gasteiger charge is -2.20. The molecule has 1 aliphatic rings. The van der Waals surface area contributed by atoms with Crippen molar-refractivity contribution >= 4 is 32.6 Å². The van der Waals surface area contributed by atoms with Crippen LogP contribution in [0.4, 0.5) is 5.13 Å². The average molecular weight is 288 g/mol. The molecule has 1 aromatic carbocycles. The summed E-state index contributed by atoms with van der Waals surface area (Å²) in [6.45, 7) is 2.05. The maximum atomic E-state index is 12.1. The molecule has 1 aromatic heterocycles. The lowest BCUT2D eigenvalue weighted by molar-refractivity contribution is -0.117. The number of carbonyl (C=O) groups excluding carboxylic acids is 1. The van der Waals surface area contributed by atoms with Gasteiger partial charge in [0, 0.05) is 6.42 Å². The number of benzene rings is 1. The van der Waals surface area contributed by atoms with E-state index < -0.39 is 0 Å². The number of aromatic nitrogens is 1. The maximum absolute atomic E-state index is 12.1. The summed E-state index contributed by atoms with van der Waals surface area (Å²) >= 11 is 1.56. The summed E-state index contributed by atoms with van der Waals surface area (Å²) in [5.41, 5.74) is 2.16. The molecule has 0 spiro atoms. The van der Waals surface area contributed by atoms with Gasteiger partial charge in [0.15, 0.2) is 5.13 Å². The van der Waals surface area contributed by atoms with Crippen LogP contribution in [0.15, 0.2) is 18.2 Å². The minimum atomic E-state index is 0.119. The molecule has 4 heteroatoms. The minimum Gasteiger partial charge on any atom is -0.302 e. The Morgan fingerprint density at radius 3 is 2.90 bits per heavy atom. The van der Waals surface area contributed by atoms with Crippen LogP contribution in [-0.2, 0) is 4.79 Å². The Kier molecular flexibility index (Phi) is 4.01. The normalized spacial score (nSPS) is 16.4. The number of carbonyl (C=O) groups is 1. The van der Waals surface area contributed by atoms with Gasteiger partial charge >= 0.3 is 0 Å². The average Bonchev–Trinajstić information content (AvgIpc) is 2.83. The van der Waals surface area contributed by atoms with Crippen molar-refractivity contribution < 1.29 is 4.79 Å². The number of rotatable bonds is 3. The van der Waals surface area contributed by atoms with E-state index in [4.69, 9.17) is 0 Å². The zero-order chi connectivity index (χ0) is 13.9. The van der Waals surface area contributed by atoms with E-state index in [1.54, 1.807) is 11.3 Å². The van der Waals surface area contributed by atoms with Gasteiger partial charge in [0.2, 0.25) is 5.91 Å². The van der Waals surface area contributed by atoms with E-state index in [-0.39, 0.29) is 5.91 Å². The summed E-state index contributed by atoms with van der Waals surface area (Å²) in [5.74, 6) is 0.688. The summed E-state index contributed by atoms with van der Waals surface area (Å²) in [6, 6.07) is 6.13. The fourth-order valence-corrected chi connectivity index (χ4v) is 3.92. The Hall–Kier alpha value is -1.42. The summed E-state index contributed by atoms with van der Waals surface area (Å²) in [7, 11) is 0. The monoisotopic (exact) mass is 288 g/mol. The zero-order valence-electron chi connectivity index (χ0n) is 11.8. The second-order valence-electron chi connectivity index (χ2n) is 5.70. The topological polar surface area (TPSA) is 42.0 Å². The van der Waals surface area contributed by atoms with Crippen LogP contribution in [-0.4, -0.2) is 10.9 Å². The first-order chi connectivity index (χ1) is 9.72. The van der Waals surface area contributed by atoms with Gasteiger partial charge in [0.25, 0.3) is 0 Å². The molecule has 3 nitrogen and oxygen atoms in total. The van der Waals surface area contributed by atoms with Crippen LogP contribution in [0.25, 0.3) is 10.2 Å². The summed E-state index contributed by atoms with van der Waals surface area (Å²) in [4.78, 5) is 16.6. The largest absolute Gasteiger partial charge is 0.302 e. The van der Waals surface area contributed by atoms with E-state index >= 15 is 0 Å². The maximum Gasteiger partial charge on any atom is 0.226 e. The number of para-hydroxylation sites is 1. The molecule has 1 aliphatic carbocycles. The number of aryl methyl sites for hydroxylation is 1. The molecule has 0 unspecified atom stereocenters. The van der Waals surface area contributed by atoms with E-state index in [1.807, 2.05) is 6.07 Å². The molecule has 3 rings (SSSR count). The fraction of sp³-hybridized carbons (Fsp3) is 0.500. The predicted octanol–water partition coefficient (Wildman–Crippen LogP) is 4.51. The van der Waals surface area contributed by atoms with Gasteiger partial charge in [-0.3, -0.25) is 4.79 Å². The van der Waals surface area contributed by atoms with Crippen molar-refractivity contribution in [3.05, 3.63) is 23.8 Å². The second kappa shape index (κ2) is 5.92. The highest BCUT2D eigenvalue weighted by molar-refractivity contribution is 7.22.